The highest BCUT2D eigenvalue weighted by Gasteiger charge is 2.25. The van der Waals surface area contributed by atoms with E-state index in [1.54, 1.807) is 24.3 Å². The van der Waals surface area contributed by atoms with E-state index in [2.05, 4.69) is 5.10 Å². The Balaban J connectivity index is 1.93. The van der Waals surface area contributed by atoms with Crippen LogP contribution in [0.2, 0.25) is 0 Å². The first-order valence-corrected chi connectivity index (χ1v) is 6.05. The molecule has 1 aliphatic rings. The van der Waals surface area contributed by atoms with E-state index in [9.17, 15) is 4.79 Å². The number of carbonyl (C=O) groups is 1. The van der Waals surface area contributed by atoms with Gasteiger partial charge in [-0.25, -0.2) is 5.01 Å². The minimum absolute atomic E-state index is 0.0244. The first-order valence-electron chi connectivity index (χ1n) is 6.05. The number of hydrogen-bond donors (Lipinski definition) is 1. The largest absolute Gasteiger partial charge is 0.399 e. The Bertz CT molecular complexity index is 632. The Kier molecular flexibility index (Phi) is 2.76. The van der Waals surface area contributed by atoms with Crippen molar-refractivity contribution in [3.8, 4) is 0 Å². The second kappa shape index (κ2) is 4.57. The molecule has 0 aromatic heterocycles. The molecule has 1 aliphatic heterocycles. The number of amides is 1. The highest BCUT2D eigenvalue weighted by atomic mass is 16.2. The Morgan fingerprint density at radius 3 is 2.37 bits per heavy atom. The SMILES string of the molecule is Nc1ccc(N2N=C(c3ccccc3)CC2=O)cc1. The summed E-state index contributed by atoms with van der Waals surface area (Å²) in [6, 6.07) is 16.9. The highest BCUT2D eigenvalue weighted by molar-refractivity contribution is 6.19. The van der Waals surface area contributed by atoms with Gasteiger partial charge in [-0.15, -0.1) is 0 Å². The molecule has 0 atom stereocenters. The van der Waals surface area contributed by atoms with Crippen LogP contribution in [0.15, 0.2) is 59.7 Å². The summed E-state index contributed by atoms with van der Waals surface area (Å²) in [6.07, 6.45) is 0.328. The number of hydrogen-bond acceptors (Lipinski definition) is 3. The van der Waals surface area contributed by atoms with Crippen LogP contribution >= 0.6 is 0 Å². The fourth-order valence-corrected chi connectivity index (χ4v) is 2.04. The van der Waals surface area contributed by atoms with Crippen LogP contribution in [0.4, 0.5) is 11.4 Å². The van der Waals surface area contributed by atoms with E-state index in [0.29, 0.717) is 12.1 Å². The van der Waals surface area contributed by atoms with Gasteiger partial charge in [0.15, 0.2) is 0 Å². The molecule has 4 heteroatoms. The fraction of sp³-hybridized carbons (Fsp3) is 0.0667. The molecule has 0 fully saturated rings. The van der Waals surface area contributed by atoms with Crippen LogP contribution in [0.5, 0.6) is 0 Å². The van der Waals surface area contributed by atoms with Crippen molar-refractivity contribution in [3.05, 3.63) is 60.2 Å². The predicted octanol–water partition coefficient (Wildman–Crippen LogP) is 2.41. The van der Waals surface area contributed by atoms with Crippen LogP contribution in [-0.4, -0.2) is 11.6 Å². The van der Waals surface area contributed by atoms with Gasteiger partial charge in [-0.05, 0) is 29.8 Å². The zero-order valence-corrected chi connectivity index (χ0v) is 10.3. The Labute approximate surface area is 111 Å². The molecule has 0 saturated heterocycles. The molecular weight excluding hydrogens is 238 g/mol. The molecule has 19 heavy (non-hydrogen) atoms. The van der Waals surface area contributed by atoms with Crippen molar-refractivity contribution in [3.63, 3.8) is 0 Å². The molecule has 1 amide bonds. The third-order valence-electron chi connectivity index (χ3n) is 3.02. The van der Waals surface area contributed by atoms with Gasteiger partial charge in [0.05, 0.1) is 17.8 Å². The molecule has 0 unspecified atom stereocenters. The summed E-state index contributed by atoms with van der Waals surface area (Å²) in [7, 11) is 0. The van der Waals surface area contributed by atoms with Crippen molar-refractivity contribution in [2.24, 2.45) is 5.10 Å². The number of benzene rings is 2. The van der Waals surface area contributed by atoms with Crippen molar-refractivity contribution in [2.75, 3.05) is 10.7 Å². The van der Waals surface area contributed by atoms with Crippen LogP contribution < -0.4 is 10.7 Å². The van der Waals surface area contributed by atoms with E-state index in [1.165, 1.54) is 5.01 Å². The van der Waals surface area contributed by atoms with Crippen LogP contribution in [0, 0.1) is 0 Å². The first-order chi connectivity index (χ1) is 9.24. The summed E-state index contributed by atoms with van der Waals surface area (Å²) < 4.78 is 0. The molecule has 2 N–H and O–H groups in total. The number of nitrogen functional groups attached to an aromatic ring is 1. The Morgan fingerprint density at radius 1 is 1.00 bits per heavy atom. The van der Waals surface area contributed by atoms with E-state index in [0.717, 1.165) is 17.0 Å². The molecule has 0 bridgehead atoms. The Hall–Kier alpha value is -2.62. The van der Waals surface area contributed by atoms with Gasteiger partial charge in [-0.1, -0.05) is 30.3 Å². The zero-order chi connectivity index (χ0) is 13.2. The number of carbonyl (C=O) groups excluding carboxylic acids is 1. The number of nitrogens with zero attached hydrogens (tertiary/aromatic N) is 2. The van der Waals surface area contributed by atoms with E-state index in [4.69, 9.17) is 5.73 Å². The lowest BCUT2D eigenvalue weighted by atomic mass is 10.1. The van der Waals surface area contributed by atoms with Crippen molar-refractivity contribution < 1.29 is 4.79 Å². The lowest BCUT2D eigenvalue weighted by molar-refractivity contribution is -0.116. The van der Waals surface area contributed by atoms with Gasteiger partial charge in [-0.2, -0.15) is 5.10 Å². The number of anilines is 2. The zero-order valence-electron chi connectivity index (χ0n) is 10.3. The minimum Gasteiger partial charge on any atom is -0.399 e. The maximum absolute atomic E-state index is 12.0. The smallest absolute Gasteiger partial charge is 0.253 e. The summed E-state index contributed by atoms with van der Waals surface area (Å²) >= 11 is 0. The lowest BCUT2D eigenvalue weighted by Gasteiger charge is -2.11. The predicted molar refractivity (Wildman–Crippen MR) is 75.9 cm³/mol. The minimum atomic E-state index is -0.0244. The average molecular weight is 251 g/mol. The van der Waals surface area contributed by atoms with Gasteiger partial charge in [0.2, 0.25) is 0 Å². The summed E-state index contributed by atoms with van der Waals surface area (Å²) in [4.78, 5) is 12.0. The summed E-state index contributed by atoms with van der Waals surface area (Å²) in [5, 5.41) is 5.83. The lowest BCUT2D eigenvalue weighted by Crippen LogP contribution is -2.19. The van der Waals surface area contributed by atoms with Gasteiger partial charge in [0, 0.05) is 5.69 Å². The topological polar surface area (TPSA) is 58.7 Å². The van der Waals surface area contributed by atoms with Gasteiger partial charge < -0.3 is 5.73 Å². The molecule has 4 nitrogen and oxygen atoms in total. The van der Waals surface area contributed by atoms with E-state index in [1.807, 2.05) is 30.3 Å². The normalized spacial score (nSPS) is 14.6. The Morgan fingerprint density at radius 2 is 1.68 bits per heavy atom. The van der Waals surface area contributed by atoms with Crippen LogP contribution in [-0.2, 0) is 4.79 Å². The molecule has 0 radical (unpaired) electrons. The third kappa shape index (κ3) is 2.20. The van der Waals surface area contributed by atoms with Crippen molar-refractivity contribution >= 4 is 23.0 Å². The maximum atomic E-state index is 12.0. The molecule has 2 aromatic rings. The molecule has 3 rings (SSSR count). The first kappa shape index (κ1) is 11.5. The summed E-state index contributed by atoms with van der Waals surface area (Å²) in [5.74, 6) is -0.0244. The molecule has 0 saturated carbocycles. The third-order valence-corrected chi connectivity index (χ3v) is 3.02. The van der Waals surface area contributed by atoms with Crippen molar-refractivity contribution in [1.29, 1.82) is 0 Å². The second-order valence-corrected chi connectivity index (χ2v) is 4.39. The molecule has 94 valence electrons. The summed E-state index contributed by atoms with van der Waals surface area (Å²) in [6.45, 7) is 0. The van der Waals surface area contributed by atoms with Gasteiger partial charge >= 0.3 is 0 Å². The average Bonchev–Trinajstić information content (AvgIpc) is 2.83. The molecule has 0 spiro atoms. The highest BCUT2D eigenvalue weighted by Crippen LogP contribution is 2.23. The van der Waals surface area contributed by atoms with Crippen molar-refractivity contribution in [1.82, 2.24) is 0 Å². The van der Waals surface area contributed by atoms with E-state index >= 15 is 0 Å². The maximum Gasteiger partial charge on any atom is 0.253 e. The van der Waals surface area contributed by atoms with Crippen LogP contribution in [0.1, 0.15) is 12.0 Å². The van der Waals surface area contributed by atoms with Gasteiger partial charge in [0.25, 0.3) is 5.91 Å². The second-order valence-electron chi connectivity index (χ2n) is 4.39. The summed E-state index contributed by atoms with van der Waals surface area (Å²) in [5.41, 5.74) is 8.82. The fourth-order valence-electron chi connectivity index (χ4n) is 2.04. The monoisotopic (exact) mass is 251 g/mol. The van der Waals surface area contributed by atoms with Gasteiger partial charge in [-0.3, -0.25) is 4.79 Å². The quantitative estimate of drug-likeness (QED) is 0.833. The molecule has 2 aromatic carbocycles. The van der Waals surface area contributed by atoms with E-state index in [-0.39, 0.29) is 5.91 Å². The standard InChI is InChI=1S/C15H13N3O/c16-12-6-8-13(9-7-12)18-15(19)10-14(17-18)11-4-2-1-3-5-11/h1-9H,10,16H2. The van der Waals surface area contributed by atoms with Crippen LogP contribution in [0.25, 0.3) is 0 Å². The van der Waals surface area contributed by atoms with Crippen LogP contribution in [0.3, 0.4) is 0 Å². The molecule has 1 heterocycles. The number of nitrogens with two attached hydrogens (primary N) is 1. The molecule has 0 aliphatic carbocycles. The number of rotatable bonds is 2. The van der Waals surface area contributed by atoms with E-state index < -0.39 is 0 Å². The van der Waals surface area contributed by atoms with Crippen molar-refractivity contribution in [2.45, 2.75) is 6.42 Å². The number of hydrazone groups is 1. The molecular formula is C15H13N3O. The van der Waals surface area contributed by atoms with Gasteiger partial charge in [0.1, 0.15) is 0 Å².